The minimum Gasteiger partial charge on any atom is -0.363 e. The van der Waals surface area contributed by atoms with Gasteiger partial charge in [0.05, 0.1) is 12.1 Å². The molecule has 0 bridgehead atoms. The molecule has 5 nitrogen and oxygen atoms in total. The lowest BCUT2D eigenvalue weighted by Gasteiger charge is -2.17. The quantitative estimate of drug-likeness (QED) is 0.535. The van der Waals surface area contributed by atoms with Gasteiger partial charge in [-0.15, -0.1) is 11.3 Å². The smallest absolute Gasteiger partial charge is 0.191 e. The third-order valence-corrected chi connectivity index (χ3v) is 5.32. The van der Waals surface area contributed by atoms with Crippen LogP contribution in [0.3, 0.4) is 0 Å². The van der Waals surface area contributed by atoms with Gasteiger partial charge < -0.3 is 15.5 Å². The van der Waals surface area contributed by atoms with Crippen LogP contribution in [-0.4, -0.2) is 32.1 Å². The Morgan fingerprint density at radius 3 is 2.62 bits per heavy atom. The number of fused-ring (bicyclic) bond motifs is 1. The fourth-order valence-electron chi connectivity index (χ4n) is 2.76. The number of hydrogen-bond acceptors (Lipinski definition) is 4. The molecule has 2 heterocycles. The van der Waals surface area contributed by atoms with E-state index in [0.717, 1.165) is 29.2 Å². The number of nitrogens with zero attached hydrogens (tertiary/aromatic N) is 3. The van der Waals surface area contributed by atoms with E-state index in [1.165, 1.54) is 16.0 Å². The van der Waals surface area contributed by atoms with Crippen LogP contribution >= 0.6 is 11.3 Å². The molecule has 0 aliphatic carbocycles. The number of aliphatic imine (C=N–C) groups is 1. The SMILES string of the molecule is CN=C(NCc1sccc1C)NCc1cc(N(C)C)nc2ccccc12. The summed E-state index contributed by atoms with van der Waals surface area (Å²) in [6.45, 7) is 3.60. The molecule has 0 radical (unpaired) electrons. The van der Waals surface area contributed by atoms with Crippen LogP contribution in [0.1, 0.15) is 16.0 Å². The highest BCUT2D eigenvalue weighted by molar-refractivity contribution is 7.10. The summed E-state index contributed by atoms with van der Waals surface area (Å²) in [5.41, 5.74) is 3.52. The first-order valence-corrected chi connectivity index (χ1v) is 9.50. The maximum absolute atomic E-state index is 4.72. The van der Waals surface area contributed by atoms with Crippen LogP contribution in [0.25, 0.3) is 10.9 Å². The molecule has 1 aromatic carbocycles. The minimum atomic E-state index is 0.687. The van der Waals surface area contributed by atoms with E-state index < -0.39 is 0 Å². The predicted molar refractivity (Wildman–Crippen MR) is 112 cm³/mol. The number of hydrogen-bond donors (Lipinski definition) is 2. The number of guanidine groups is 1. The third-order valence-electron chi connectivity index (χ3n) is 4.30. The van der Waals surface area contributed by atoms with Crippen molar-refractivity contribution in [3.05, 3.63) is 57.8 Å². The number of aromatic nitrogens is 1. The minimum absolute atomic E-state index is 0.687. The van der Waals surface area contributed by atoms with Crippen molar-refractivity contribution in [1.82, 2.24) is 15.6 Å². The number of pyridine rings is 1. The number of thiophene rings is 1. The molecule has 26 heavy (non-hydrogen) atoms. The van der Waals surface area contributed by atoms with Gasteiger partial charge in [0.2, 0.25) is 0 Å². The fraction of sp³-hybridized carbons (Fsp3) is 0.300. The second-order valence-corrected chi connectivity index (χ2v) is 7.36. The number of rotatable bonds is 5. The molecular weight excluding hydrogens is 342 g/mol. The molecule has 0 aliphatic heterocycles. The third kappa shape index (κ3) is 4.14. The van der Waals surface area contributed by atoms with Gasteiger partial charge in [0.1, 0.15) is 5.82 Å². The van der Waals surface area contributed by atoms with E-state index >= 15 is 0 Å². The van der Waals surface area contributed by atoms with Crippen molar-refractivity contribution >= 4 is 34.0 Å². The molecule has 2 N–H and O–H groups in total. The first kappa shape index (κ1) is 18.2. The van der Waals surface area contributed by atoms with Crippen LogP contribution in [-0.2, 0) is 13.1 Å². The Bertz CT molecular complexity index is 913. The van der Waals surface area contributed by atoms with Gasteiger partial charge in [-0.05, 0) is 41.6 Å². The van der Waals surface area contributed by atoms with Crippen LogP contribution in [0, 0.1) is 6.92 Å². The maximum atomic E-state index is 4.72. The largest absolute Gasteiger partial charge is 0.363 e. The van der Waals surface area contributed by atoms with Crippen molar-refractivity contribution in [3.63, 3.8) is 0 Å². The van der Waals surface area contributed by atoms with E-state index in [0.29, 0.717) is 6.54 Å². The molecule has 136 valence electrons. The summed E-state index contributed by atoms with van der Waals surface area (Å²) in [5.74, 6) is 1.75. The molecule has 0 saturated carbocycles. The molecule has 2 aromatic heterocycles. The molecule has 0 fully saturated rings. The number of benzene rings is 1. The van der Waals surface area contributed by atoms with Crippen LogP contribution in [0.15, 0.2) is 46.8 Å². The number of anilines is 1. The Kier molecular flexibility index (Phi) is 5.73. The summed E-state index contributed by atoms with van der Waals surface area (Å²) in [6, 6.07) is 12.5. The zero-order chi connectivity index (χ0) is 18.5. The zero-order valence-corrected chi connectivity index (χ0v) is 16.5. The summed E-state index contributed by atoms with van der Waals surface area (Å²) < 4.78 is 0. The zero-order valence-electron chi connectivity index (χ0n) is 15.7. The van der Waals surface area contributed by atoms with Gasteiger partial charge in [-0.3, -0.25) is 4.99 Å². The Balaban J connectivity index is 1.74. The van der Waals surface area contributed by atoms with Crippen molar-refractivity contribution in [2.24, 2.45) is 4.99 Å². The normalized spacial score (nSPS) is 11.6. The average molecular weight is 368 g/mol. The van der Waals surface area contributed by atoms with E-state index in [1.54, 1.807) is 18.4 Å². The molecule has 3 aromatic rings. The first-order chi connectivity index (χ1) is 12.6. The van der Waals surface area contributed by atoms with Gasteiger partial charge in [0.15, 0.2) is 5.96 Å². The number of aryl methyl sites for hydroxylation is 1. The van der Waals surface area contributed by atoms with E-state index in [9.17, 15) is 0 Å². The van der Waals surface area contributed by atoms with Crippen LogP contribution < -0.4 is 15.5 Å². The standard InChI is InChI=1S/C20H25N5S/c1-14-9-10-26-18(14)13-23-20(21-2)22-12-15-11-19(25(3)4)24-17-8-6-5-7-16(15)17/h5-11H,12-13H2,1-4H3,(H2,21,22,23). The molecular formula is C20H25N5S. The van der Waals surface area contributed by atoms with Gasteiger partial charge >= 0.3 is 0 Å². The summed E-state index contributed by atoms with van der Waals surface area (Å²) in [6.07, 6.45) is 0. The van der Waals surface area contributed by atoms with Crippen molar-refractivity contribution in [2.75, 3.05) is 26.0 Å². The predicted octanol–water partition coefficient (Wildman–Crippen LogP) is 3.54. The summed E-state index contributed by atoms with van der Waals surface area (Å²) in [4.78, 5) is 12.4. The van der Waals surface area contributed by atoms with Crippen molar-refractivity contribution in [3.8, 4) is 0 Å². The number of nitrogens with one attached hydrogen (secondary N) is 2. The lowest BCUT2D eigenvalue weighted by molar-refractivity contribution is 0.815. The van der Waals surface area contributed by atoms with Crippen LogP contribution in [0.4, 0.5) is 5.82 Å². The number of para-hydroxylation sites is 1. The summed E-state index contributed by atoms with van der Waals surface area (Å²) in [5, 5.41) is 10.1. The second-order valence-electron chi connectivity index (χ2n) is 6.36. The van der Waals surface area contributed by atoms with Crippen molar-refractivity contribution < 1.29 is 0 Å². The van der Waals surface area contributed by atoms with Crippen LogP contribution in [0.2, 0.25) is 0 Å². The molecule has 6 heteroatoms. The van der Waals surface area contributed by atoms with Gasteiger partial charge in [0, 0.05) is 38.0 Å². The molecule has 3 rings (SSSR count). The van der Waals surface area contributed by atoms with Crippen LogP contribution in [0.5, 0.6) is 0 Å². The molecule has 0 saturated heterocycles. The molecule has 0 aliphatic rings. The van der Waals surface area contributed by atoms with Crippen molar-refractivity contribution in [1.29, 1.82) is 0 Å². The van der Waals surface area contributed by atoms with Gasteiger partial charge in [-0.2, -0.15) is 0 Å². The highest BCUT2D eigenvalue weighted by Crippen LogP contribution is 2.22. The molecule has 0 atom stereocenters. The van der Waals surface area contributed by atoms with E-state index in [-0.39, 0.29) is 0 Å². The Morgan fingerprint density at radius 2 is 1.92 bits per heavy atom. The monoisotopic (exact) mass is 367 g/mol. The van der Waals surface area contributed by atoms with E-state index in [4.69, 9.17) is 4.98 Å². The van der Waals surface area contributed by atoms with Gasteiger partial charge in [-0.1, -0.05) is 18.2 Å². The first-order valence-electron chi connectivity index (χ1n) is 8.62. The lowest BCUT2D eigenvalue weighted by Crippen LogP contribution is -2.36. The Labute approximate surface area is 158 Å². The summed E-state index contributed by atoms with van der Waals surface area (Å²) in [7, 11) is 5.82. The highest BCUT2D eigenvalue weighted by atomic mass is 32.1. The fourth-order valence-corrected chi connectivity index (χ4v) is 3.60. The molecule has 0 spiro atoms. The Morgan fingerprint density at radius 1 is 1.15 bits per heavy atom. The van der Waals surface area contributed by atoms with Gasteiger partial charge in [-0.25, -0.2) is 4.98 Å². The van der Waals surface area contributed by atoms with Gasteiger partial charge in [0.25, 0.3) is 0 Å². The summed E-state index contributed by atoms with van der Waals surface area (Å²) >= 11 is 1.76. The second kappa shape index (κ2) is 8.19. The average Bonchev–Trinajstić information content (AvgIpc) is 3.06. The topological polar surface area (TPSA) is 52.6 Å². The molecule has 0 amide bonds. The van der Waals surface area contributed by atoms with E-state index in [2.05, 4.69) is 58.3 Å². The lowest BCUT2D eigenvalue weighted by atomic mass is 10.1. The molecule has 0 unspecified atom stereocenters. The van der Waals surface area contributed by atoms with Crippen molar-refractivity contribution in [2.45, 2.75) is 20.0 Å². The maximum Gasteiger partial charge on any atom is 0.191 e. The Hall–Kier alpha value is -2.60. The van der Waals surface area contributed by atoms with E-state index in [1.807, 2.05) is 25.1 Å². The highest BCUT2D eigenvalue weighted by Gasteiger charge is 2.08.